The van der Waals surface area contributed by atoms with Crippen LogP contribution in [-0.4, -0.2) is 5.97 Å². The molecule has 1 radical (unpaired) electrons. The third-order valence-electron chi connectivity index (χ3n) is 1.39. The molecule has 0 rings (SSSR count). The van der Waals surface area contributed by atoms with Crippen molar-refractivity contribution in [3.8, 4) is 0 Å². The highest BCUT2D eigenvalue weighted by Gasteiger charge is 2.09. The quantitative estimate of drug-likeness (QED) is 0.593. The fraction of sp³-hybridized carbons (Fsp3) is 0.875. The number of hydrogen-bond acceptors (Lipinski definition) is 1. The van der Waals surface area contributed by atoms with Crippen LogP contribution in [0.3, 0.4) is 0 Å². The summed E-state index contributed by atoms with van der Waals surface area (Å²) < 4.78 is 0. The lowest BCUT2D eigenvalue weighted by atomic mass is 9.96. The summed E-state index contributed by atoms with van der Waals surface area (Å²) in [5, 5.41) is 10.1. The van der Waals surface area contributed by atoms with Gasteiger partial charge in [-0.05, 0) is 18.3 Å². The molecule has 0 aromatic heterocycles. The van der Waals surface area contributed by atoms with Crippen molar-refractivity contribution in [3.63, 3.8) is 0 Å². The summed E-state index contributed by atoms with van der Waals surface area (Å²) in [6, 6.07) is 0. The Hall–Kier alpha value is -0.530. The van der Waals surface area contributed by atoms with E-state index in [0.717, 1.165) is 6.42 Å². The van der Waals surface area contributed by atoms with Crippen molar-refractivity contribution in [2.24, 2.45) is 11.8 Å². The van der Waals surface area contributed by atoms with E-state index in [9.17, 15) is 9.90 Å². The number of carbonyl (C=O) groups is 1. The van der Waals surface area contributed by atoms with E-state index in [1.165, 1.54) is 0 Å². The van der Waals surface area contributed by atoms with E-state index in [2.05, 4.69) is 13.8 Å². The maximum atomic E-state index is 10.1. The molecule has 0 heterocycles. The average Bonchev–Trinajstić information content (AvgIpc) is 1.58. The summed E-state index contributed by atoms with van der Waals surface area (Å²) >= 11 is 0. The van der Waals surface area contributed by atoms with E-state index < -0.39 is 5.97 Å². The molecule has 0 aliphatic heterocycles. The van der Waals surface area contributed by atoms with Crippen LogP contribution in [0.1, 0.15) is 33.6 Å². The van der Waals surface area contributed by atoms with E-state index in [0.29, 0.717) is 5.92 Å². The average molecular weight is 143 g/mol. The Morgan fingerprint density at radius 1 is 1.30 bits per heavy atom. The molecule has 0 aliphatic carbocycles. The van der Waals surface area contributed by atoms with Gasteiger partial charge in [-0.3, -0.25) is 0 Å². The minimum absolute atomic E-state index is 0.193. The molecule has 59 valence electrons. The molecule has 1 atom stereocenters. The summed E-state index contributed by atoms with van der Waals surface area (Å²) in [6.45, 7) is 6.12. The predicted molar refractivity (Wildman–Crippen MR) is 38.9 cm³/mol. The first-order valence-corrected chi connectivity index (χ1v) is 3.72. The molecule has 2 heteroatoms. The first kappa shape index (κ1) is 9.47. The van der Waals surface area contributed by atoms with Crippen LogP contribution in [0.5, 0.6) is 0 Å². The second kappa shape index (κ2) is 4.31. The van der Waals surface area contributed by atoms with E-state index in [1.807, 2.05) is 6.92 Å². The van der Waals surface area contributed by atoms with Crippen LogP contribution >= 0.6 is 0 Å². The fourth-order valence-electron chi connectivity index (χ4n) is 1.17. The van der Waals surface area contributed by atoms with Crippen molar-refractivity contribution in [2.45, 2.75) is 33.6 Å². The molecule has 0 saturated carbocycles. The van der Waals surface area contributed by atoms with Gasteiger partial charge >= 0.3 is 5.97 Å². The zero-order valence-corrected chi connectivity index (χ0v) is 6.89. The molecule has 0 aliphatic rings. The van der Waals surface area contributed by atoms with Gasteiger partial charge in [0, 0.05) is 0 Å². The molecular weight excluding hydrogens is 128 g/mol. The number of rotatable bonds is 4. The van der Waals surface area contributed by atoms with Crippen molar-refractivity contribution >= 4 is 5.97 Å². The lowest BCUT2D eigenvalue weighted by Crippen LogP contribution is -2.05. The van der Waals surface area contributed by atoms with E-state index in [4.69, 9.17) is 0 Å². The Morgan fingerprint density at radius 2 is 1.80 bits per heavy atom. The summed E-state index contributed by atoms with van der Waals surface area (Å²) in [7, 11) is 0. The van der Waals surface area contributed by atoms with E-state index >= 15 is 0 Å². The minimum atomic E-state index is -0.937. The molecule has 0 aromatic carbocycles. The molecule has 0 bridgehead atoms. The second-order valence-corrected chi connectivity index (χ2v) is 3.31. The molecule has 10 heavy (non-hydrogen) atoms. The summed E-state index contributed by atoms with van der Waals surface area (Å²) in [4.78, 5) is 10.1. The molecule has 0 aromatic rings. The van der Waals surface area contributed by atoms with Crippen LogP contribution < -0.4 is 0 Å². The molecule has 1 unspecified atom stereocenters. The Kier molecular flexibility index (Phi) is 4.08. The fourth-order valence-corrected chi connectivity index (χ4v) is 1.17. The SMILES string of the molecule is CC(C)CC(C)CC([O])=O. The normalized spacial score (nSPS) is 13.6. The van der Waals surface area contributed by atoms with Crippen molar-refractivity contribution in [3.05, 3.63) is 0 Å². The Bertz CT molecular complexity index is 108. The van der Waals surface area contributed by atoms with Gasteiger partial charge in [0.2, 0.25) is 0 Å². The zero-order chi connectivity index (χ0) is 8.15. The highest BCUT2D eigenvalue weighted by atomic mass is 16.4. The maximum Gasteiger partial charge on any atom is 0.355 e. The molecule has 0 saturated heterocycles. The van der Waals surface area contributed by atoms with E-state index in [1.54, 1.807) is 0 Å². The Balaban J connectivity index is 3.43. The third-order valence-corrected chi connectivity index (χ3v) is 1.39. The van der Waals surface area contributed by atoms with Crippen molar-refractivity contribution in [1.82, 2.24) is 0 Å². The second-order valence-electron chi connectivity index (χ2n) is 3.31. The first-order valence-electron chi connectivity index (χ1n) is 3.72. The topological polar surface area (TPSA) is 37.0 Å². The van der Waals surface area contributed by atoms with Gasteiger partial charge in [-0.2, -0.15) is 0 Å². The monoisotopic (exact) mass is 143 g/mol. The van der Waals surface area contributed by atoms with Gasteiger partial charge in [-0.1, -0.05) is 20.8 Å². The number of hydrogen-bond donors (Lipinski definition) is 0. The molecule has 2 nitrogen and oxygen atoms in total. The standard InChI is InChI=1S/C8H15O2/c1-6(2)4-7(3)5-8(9)10/h6-7H,4-5H2,1-3H3. The largest absolute Gasteiger partial charge is 0.355 e. The molecule has 0 fully saturated rings. The van der Waals surface area contributed by atoms with Crippen LogP contribution in [0.2, 0.25) is 0 Å². The third kappa shape index (κ3) is 5.60. The lowest BCUT2D eigenvalue weighted by molar-refractivity contribution is -0.144. The van der Waals surface area contributed by atoms with Gasteiger partial charge in [0.1, 0.15) is 0 Å². The van der Waals surface area contributed by atoms with Gasteiger partial charge in [0.25, 0.3) is 0 Å². The van der Waals surface area contributed by atoms with Crippen LogP contribution in [0.4, 0.5) is 0 Å². The smallest absolute Gasteiger partial charge is 0.247 e. The Morgan fingerprint density at radius 3 is 2.10 bits per heavy atom. The maximum absolute atomic E-state index is 10.1. The first-order chi connectivity index (χ1) is 4.52. The van der Waals surface area contributed by atoms with E-state index in [-0.39, 0.29) is 12.3 Å². The predicted octanol–water partition coefficient (Wildman–Crippen LogP) is 2.02. The molecular formula is C8H15O2. The van der Waals surface area contributed by atoms with Crippen molar-refractivity contribution < 1.29 is 9.90 Å². The lowest BCUT2D eigenvalue weighted by Gasteiger charge is -2.09. The Labute approximate surface area is 62.2 Å². The van der Waals surface area contributed by atoms with Gasteiger partial charge in [0.05, 0.1) is 6.42 Å². The van der Waals surface area contributed by atoms with Crippen molar-refractivity contribution in [2.75, 3.05) is 0 Å². The van der Waals surface area contributed by atoms with Crippen LogP contribution in [0, 0.1) is 11.8 Å². The van der Waals surface area contributed by atoms with Crippen LogP contribution in [0.25, 0.3) is 0 Å². The van der Waals surface area contributed by atoms with Gasteiger partial charge in [-0.15, -0.1) is 0 Å². The number of carbonyl (C=O) groups excluding carboxylic acids is 1. The molecule has 0 N–H and O–H groups in total. The van der Waals surface area contributed by atoms with Gasteiger partial charge < -0.3 is 0 Å². The minimum Gasteiger partial charge on any atom is -0.247 e. The molecule has 0 amide bonds. The summed E-state index contributed by atoms with van der Waals surface area (Å²) in [5.74, 6) is -0.104. The van der Waals surface area contributed by atoms with Gasteiger partial charge in [0.15, 0.2) is 0 Å². The molecule has 0 spiro atoms. The van der Waals surface area contributed by atoms with Gasteiger partial charge in [-0.25, -0.2) is 9.90 Å². The van der Waals surface area contributed by atoms with Crippen LogP contribution in [0.15, 0.2) is 0 Å². The highest BCUT2D eigenvalue weighted by Crippen LogP contribution is 2.13. The van der Waals surface area contributed by atoms with Crippen LogP contribution in [-0.2, 0) is 9.90 Å². The highest BCUT2D eigenvalue weighted by molar-refractivity contribution is 5.66. The summed E-state index contributed by atoms with van der Waals surface area (Å²) in [6.07, 6.45) is 1.16. The van der Waals surface area contributed by atoms with Crippen molar-refractivity contribution in [1.29, 1.82) is 0 Å². The summed E-state index contributed by atoms with van der Waals surface area (Å²) in [5.41, 5.74) is 0. The zero-order valence-electron chi connectivity index (χ0n) is 6.89.